The number of pyridine rings is 1. The number of ether oxygens (including phenoxy) is 2. The van der Waals surface area contributed by atoms with E-state index in [-0.39, 0.29) is 0 Å². The van der Waals surface area contributed by atoms with Crippen LogP contribution in [0, 0.1) is 0 Å². The normalized spacial score (nSPS) is 10.3. The lowest BCUT2D eigenvalue weighted by atomic mass is 10.3. The maximum absolute atomic E-state index is 5.77. The highest BCUT2D eigenvalue weighted by Gasteiger charge is 1.99. The molecule has 1 aromatic heterocycles. The van der Waals surface area contributed by atoms with E-state index < -0.39 is 0 Å². The van der Waals surface area contributed by atoms with Crippen molar-refractivity contribution in [2.75, 3.05) is 12.4 Å². The molecule has 0 radical (unpaired) electrons. The van der Waals surface area contributed by atoms with E-state index >= 15 is 0 Å². The van der Waals surface area contributed by atoms with E-state index in [0.29, 0.717) is 12.5 Å². The summed E-state index contributed by atoms with van der Waals surface area (Å²) in [7, 11) is 0. The molecule has 0 aliphatic rings. The SMILES string of the molecule is c1ccc(Oc2ccc(SCCOc3ccccn3)cc2)cc1. The Bertz CT molecular complexity index is 702. The number of thioether (sulfide) groups is 1. The van der Waals surface area contributed by atoms with E-state index in [0.717, 1.165) is 17.3 Å². The Morgan fingerprint density at radius 1 is 0.783 bits per heavy atom. The quantitative estimate of drug-likeness (QED) is 0.450. The summed E-state index contributed by atoms with van der Waals surface area (Å²) in [6.07, 6.45) is 1.73. The maximum Gasteiger partial charge on any atom is 0.213 e. The van der Waals surface area contributed by atoms with Gasteiger partial charge in [-0.2, -0.15) is 0 Å². The van der Waals surface area contributed by atoms with Gasteiger partial charge in [0.2, 0.25) is 5.88 Å². The summed E-state index contributed by atoms with van der Waals surface area (Å²) < 4.78 is 11.3. The first-order valence-electron chi connectivity index (χ1n) is 7.40. The van der Waals surface area contributed by atoms with Crippen molar-refractivity contribution in [3.8, 4) is 17.4 Å². The van der Waals surface area contributed by atoms with Crippen molar-refractivity contribution in [1.29, 1.82) is 0 Å². The fourth-order valence-electron chi connectivity index (χ4n) is 1.97. The summed E-state index contributed by atoms with van der Waals surface area (Å²) in [5, 5.41) is 0. The largest absolute Gasteiger partial charge is 0.477 e. The van der Waals surface area contributed by atoms with Gasteiger partial charge < -0.3 is 9.47 Å². The van der Waals surface area contributed by atoms with Crippen molar-refractivity contribution in [1.82, 2.24) is 4.98 Å². The lowest BCUT2D eigenvalue weighted by Crippen LogP contribution is -2.01. The molecule has 2 aromatic carbocycles. The van der Waals surface area contributed by atoms with Crippen LogP contribution in [-0.2, 0) is 0 Å². The minimum Gasteiger partial charge on any atom is -0.477 e. The van der Waals surface area contributed by atoms with Gasteiger partial charge in [-0.05, 0) is 42.5 Å². The van der Waals surface area contributed by atoms with Gasteiger partial charge in [0.25, 0.3) is 0 Å². The standard InChI is InChI=1S/C19H17NO2S/c1-2-6-16(7-3-1)22-17-9-11-18(12-10-17)23-15-14-21-19-8-4-5-13-20-19/h1-13H,14-15H2. The van der Waals surface area contributed by atoms with Crippen molar-refractivity contribution in [3.63, 3.8) is 0 Å². The Morgan fingerprint density at radius 2 is 1.52 bits per heavy atom. The maximum atomic E-state index is 5.77. The van der Waals surface area contributed by atoms with E-state index in [2.05, 4.69) is 17.1 Å². The lowest BCUT2D eigenvalue weighted by Gasteiger charge is -2.07. The highest BCUT2D eigenvalue weighted by molar-refractivity contribution is 7.99. The van der Waals surface area contributed by atoms with Crippen LogP contribution in [0.5, 0.6) is 17.4 Å². The second-order valence-corrected chi connectivity index (χ2v) is 5.92. The molecule has 0 atom stereocenters. The monoisotopic (exact) mass is 323 g/mol. The van der Waals surface area contributed by atoms with Gasteiger partial charge in [-0.25, -0.2) is 4.98 Å². The van der Waals surface area contributed by atoms with Crippen LogP contribution < -0.4 is 9.47 Å². The van der Waals surface area contributed by atoms with Crippen LogP contribution in [0.4, 0.5) is 0 Å². The summed E-state index contributed by atoms with van der Waals surface area (Å²) in [4.78, 5) is 5.32. The average molecular weight is 323 g/mol. The summed E-state index contributed by atoms with van der Waals surface area (Å²) >= 11 is 1.75. The Labute approximate surface area is 140 Å². The molecule has 0 bridgehead atoms. The smallest absolute Gasteiger partial charge is 0.213 e. The molecule has 0 spiro atoms. The van der Waals surface area contributed by atoms with E-state index in [1.54, 1.807) is 18.0 Å². The molecule has 116 valence electrons. The van der Waals surface area contributed by atoms with Crippen LogP contribution in [0.3, 0.4) is 0 Å². The molecule has 0 aliphatic carbocycles. The van der Waals surface area contributed by atoms with E-state index in [1.807, 2.05) is 60.7 Å². The predicted octanol–water partition coefficient (Wildman–Crippen LogP) is 5.05. The molecule has 1 heterocycles. The van der Waals surface area contributed by atoms with E-state index in [1.165, 1.54) is 4.90 Å². The van der Waals surface area contributed by atoms with Gasteiger partial charge in [0.05, 0.1) is 6.61 Å². The molecular formula is C19H17NO2S. The first kappa shape index (κ1) is 15.4. The molecule has 0 unspecified atom stereocenters. The van der Waals surface area contributed by atoms with Crippen molar-refractivity contribution >= 4 is 11.8 Å². The summed E-state index contributed by atoms with van der Waals surface area (Å²) in [6.45, 7) is 0.629. The van der Waals surface area contributed by atoms with E-state index in [4.69, 9.17) is 9.47 Å². The molecule has 0 amide bonds. The molecule has 0 fully saturated rings. The number of rotatable bonds is 7. The zero-order valence-electron chi connectivity index (χ0n) is 12.6. The first-order valence-corrected chi connectivity index (χ1v) is 8.38. The highest BCUT2D eigenvalue weighted by Crippen LogP contribution is 2.25. The fraction of sp³-hybridized carbons (Fsp3) is 0.105. The van der Waals surface area contributed by atoms with Gasteiger partial charge in [-0.15, -0.1) is 11.8 Å². The molecule has 0 N–H and O–H groups in total. The van der Waals surface area contributed by atoms with Crippen LogP contribution in [0.25, 0.3) is 0 Å². The summed E-state index contributed by atoms with van der Waals surface area (Å²) in [6, 6.07) is 23.5. The van der Waals surface area contributed by atoms with Gasteiger partial charge in [0.1, 0.15) is 11.5 Å². The van der Waals surface area contributed by atoms with Gasteiger partial charge in [-0.1, -0.05) is 24.3 Å². The molecule has 23 heavy (non-hydrogen) atoms. The lowest BCUT2D eigenvalue weighted by molar-refractivity contribution is 0.330. The highest BCUT2D eigenvalue weighted by atomic mass is 32.2. The Kier molecular flexibility index (Phi) is 5.53. The average Bonchev–Trinajstić information content (AvgIpc) is 2.62. The van der Waals surface area contributed by atoms with Crippen molar-refractivity contribution in [3.05, 3.63) is 79.0 Å². The van der Waals surface area contributed by atoms with Gasteiger partial charge in [-0.3, -0.25) is 0 Å². The molecule has 0 saturated heterocycles. The second-order valence-electron chi connectivity index (χ2n) is 4.75. The van der Waals surface area contributed by atoms with Crippen molar-refractivity contribution in [2.24, 2.45) is 0 Å². The molecule has 3 nitrogen and oxygen atoms in total. The van der Waals surface area contributed by atoms with Crippen LogP contribution in [0.1, 0.15) is 0 Å². The molecule has 0 saturated carbocycles. The third-order valence-electron chi connectivity index (χ3n) is 3.04. The molecular weight excluding hydrogens is 306 g/mol. The number of para-hydroxylation sites is 1. The molecule has 0 aliphatic heterocycles. The minimum atomic E-state index is 0.629. The van der Waals surface area contributed by atoms with Crippen LogP contribution in [0.15, 0.2) is 83.9 Å². The molecule has 3 aromatic rings. The first-order chi connectivity index (χ1) is 11.4. The third kappa shape index (κ3) is 5.04. The van der Waals surface area contributed by atoms with Crippen LogP contribution in [0.2, 0.25) is 0 Å². The number of nitrogens with zero attached hydrogens (tertiary/aromatic N) is 1. The third-order valence-corrected chi connectivity index (χ3v) is 4.02. The number of aromatic nitrogens is 1. The fourth-order valence-corrected chi connectivity index (χ4v) is 2.70. The molecule has 4 heteroatoms. The zero-order chi connectivity index (χ0) is 15.7. The number of hydrogen-bond donors (Lipinski definition) is 0. The number of hydrogen-bond acceptors (Lipinski definition) is 4. The topological polar surface area (TPSA) is 31.4 Å². The second kappa shape index (κ2) is 8.25. The van der Waals surface area contributed by atoms with Gasteiger partial charge in [0, 0.05) is 22.9 Å². The van der Waals surface area contributed by atoms with Gasteiger partial charge >= 0.3 is 0 Å². The minimum absolute atomic E-state index is 0.629. The van der Waals surface area contributed by atoms with Crippen molar-refractivity contribution in [2.45, 2.75) is 4.90 Å². The Morgan fingerprint density at radius 3 is 2.26 bits per heavy atom. The Hall–Kier alpha value is -2.46. The van der Waals surface area contributed by atoms with Gasteiger partial charge in [0.15, 0.2) is 0 Å². The summed E-state index contributed by atoms with van der Waals surface area (Å²) in [5.74, 6) is 3.22. The Balaban J connectivity index is 1.44. The van der Waals surface area contributed by atoms with Crippen molar-refractivity contribution < 1.29 is 9.47 Å². The van der Waals surface area contributed by atoms with E-state index in [9.17, 15) is 0 Å². The number of benzene rings is 2. The molecule has 3 rings (SSSR count). The predicted molar refractivity (Wildman–Crippen MR) is 93.4 cm³/mol. The van der Waals surface area contributed by atoms with Crippen LogP contribution >= 0.6 is 11.8 Å². The summed E-state index contributed by atoms with van der Waals surface area (Å²) in [5.41, 5.74) is 0. The van der Waals surface area contributed by atoms with Crippen LogP contribution in [-0.4, -0.2) is 17.3 Å². The zero-order valence-corrected chi connectivity index (χ0v) is 13.4.